The van der Waals surface area contributed by atoms with E-state index < -0.39 is 34.4 Å². The third kappa shape index (κ3) is 5.07. The van der Waals surface area contributed by atoms with Crippen LogP contribution >= 0.6 is 0 Å². The molecule has 0 saturated heterocycles. The van der Waals surface area contributed by atoms with Crippen molar-refractivity contribution in [1.29, 1.82) is 0 Å². The van der Waals surface area contributed by atoms with Crippen LogP contribution in [0.5, 0.6) is 0 Å². The van der Waals surface area contributed by atoms with Crippen LogP contribution in [-0.2, 0) is 0 Å². The number of carboxylic acids is 1. The van der Waals surface area contributed by atoms with E-state index in [1.165, 1.54) is 63.5 Å². The predicted octanol–water partition coefficient (Wildman–Crippen LogP) is 8.62. The van der Waals surface area contributed by atoms with Crippen LogP contribution in [0.3, 0.4) is 0 Å². The lowest BCUT2D eigenvalue weighted by Crippen LogP contribution is -2.30. The summed E-state index contributed by atoms with van der Waals surface area (Å²) in [7, 11) is 0. The molecule has 4 unspecified atom stereocenters. The summed E-state index contributed by atoms with van der Waals surface area (Å²) in [6, 6.07) is 4.04. The molecule has 5 heteroatoms. The molecule has 180 valence electrons. The first-order valence-corrected chi connectivity index (χ1v) is 12.7. The number of carboxylic acid groups (broad SMARTS) is 1. The number of fused-ring (bicyclic) bond motifs is 2. The third-order valence-electron chi connectivity index (χ3n) is 8.26. The maximum absolute atomic E-state index is 15.1. The van der Waals surface area contributed by atoms with Crippen LogP contribution in [0.15, 0.2) is 18.2 Å². The van der Waals surface area contributed by atoms with Gasteiger partial charge < -0.3 is 5.11 Å². The molecule has 2 nitrogen and oxygen atoms in total. The second-order valence-corrected chi connectivity index (χ2v) is 10.3. The van der Waals surface area contributed by atoms with E-state index in [0.29, 0.717) is 17.4 Å². The van der Waals surface area contributed by atoms with Gasteiger partial charge in [-0.05, 0) is 78.9 Å². The number of carbonyl (C=O) groups is 1. The van der Waals surface area contributed by atoms with Gasteiger partial charge in [-0.25, -0.2) is 18.0 Å². The molecule has 33 heavy (non-hydrogen) atoms. The summed E-state index contributed by atoms with van der Waals surface area (Å²) in [6.45, 7) is 2.24. The molecule has 0 radical (unpaired) electrons. The number of hydrogen-bond donors (Lipinski definition) is 1. The molecule has 4 atom stereocenters. The SMILES string of the molecule is CCCCCCCC1CCC2CC(c3cc4ccc(C(=O)O)c(F)c4c(F)c3F)CCC2C1. The van der Waals surface area contributed by atoms with E-state index in [0.717, 1.165) is 37.7 Å². The van der Waals surface area contributed by atoms with Gasteiger partial charge in [0.2, 0.25) is 0 Å². The zero-order valence-electron chi connectivity index (χ0n) is 19.5. The molecule has 1 N–H and O–H groups in total. The minimum absolute atomic E-state index is 0.0713. The molecule has 0 spiro atoms. The molecule has 2 aliphatic rings. The Labute approximate surface area is 194 Å². The standard InChI is InChI=1S/C28H35F3O2/c1-2-3-4-5-6-7-17-8-9-19-15-20(11-10-18(19)14-17)23-16-21-12-13-22(28(32)33)25(29)24(21)27(31)26(23)30/h12-13,16-20H,2-11,14-15H2,1H3,(H,32,33). The molecular formula is C28H35F3O2. The van der Waals surface area contributed by atoms with Crippen molar-refractivity contribution in [3.05, 3.63) is 46.8 Å². The summed E-state index contributed by atoms with van der Waals surface area (Å²) in [5, 5.41) is 8.76. The summed E-state index contributed by atoms with van der Waals surface area (Å²) in [6.07, 6.45) is 14.3. The van der Waals surface area contributed by atoms with Crippen LogP contribution in [0.2, 0.25) is 0 Å². The molecule has 2 saturated carbocycles. The topological polar surface area (TPSA) is 37.3 Å². The monoisotopic (exact) mass is 460 g/mol. The van der Waals surface area contributed by atoms with E-state index in [1.807, 2.05) is 0 Å². The fraction of sp³-hybridized carbons (Fsp3) is 0.607. The number of aromatic carboxylic acids is 1. The van der Waals surface area contributed by atoms with Gasteiger partial charge in [0.25, 0.3) is 0 Å². The first-order chi connectivity index (χ1) is 15.9. The number of hydrogen-bond acceptors (Lipinski definition) is 1. The van der Waals surface area contributed by atoms with Gasteiger partial charge in [0, 0.05) is 0 Å². The molecule has 2 aliphatic carbocycles. The van der Waals surface area contributed by atoms with Crippen molar-refractivity contribution in [2.45, 2.75) is 89.9 Å². The Balaban J connectivity index is 1.44. The highest BCUT2D eigenvalue weighted by Gasteiger charge is 2.37. The van der Waals surface area contributed by atoms with Crippen LogP contribution in [0, 0.1) is 35.2 Å². The second kappa shape index (κ2) is 10.5. The van der Waals surface area contributed by atoms with E-state index in [1.54, 1.807) is 0 Å². The van der Waals surface area contributed by atoms with Gasteiger partial charge in [0.1, 0.15) is 5.82 Å². The van der Waals surface area contributed by atoms with Crippen molar-refractivity contribution in [3.63, 3.8) is 0 Å². The third-order valence-corrected chi connectivity index (χ3v) is 8.26. The normalized spacial score (nSPS) is 25.2. The van der Waals surface area contributed by atoms with E-state index in [2.05, 4.69) is 6.92 Å². The zero-order chi connectivity index (χ0) is 23.5. The van der Waals surface area contributed by atoms with Gasteiger partial charge in [0.05, 0.1) is 10.9 Å². The minimum atomic E-state index is -1.49. The van der Waals surface area contributed by atoms with E-state index in [4.69, 9.17) is 5.11 Å². The molecule has 0 aromatic heterocycles. The van der Waals surface area contributed by atoms with Crippen molar-refractivity contribution in [3.8, 4) is 0 Å². The van der Waals surface area contributed by atoms with Crippen molar-refractivity contribution >= 4 is 16.7 Å². The van der Waals surface area contributed by atoms with Crippen molar-refractivity contribution < 1.29 is 23.1 Å². The number of rotatable bonds is 8. The van der Waals surface area contributed by atoms with Crippen LogP contribution < -0.4 is 0 Å². The maximum atomic E-state index is 15.1. The molecule has 4 rings (SSSR count). The van der Waals surface area contributed by atoms with E-state index in [-0.39, 0.29) is 11.3 Å². The Morgan fingerprint density at radius 2 is 1.64 bits per heavy atom. The van der Waals surface area contributed by atoms with E-state index >= 15 is 4.39 Å². The van der Waals surface area contributed by atoms with Crippen LogP contribution in [0.4, 0.5) is 13.2 Å². The summed E-state index contributed by atoms with van der Waals surface area (Å²) in [5.41, 5.74) is -0.324. The highest BCUT2D eigenvalue weighted by molar-refractivity contribution is 5.95. The Hall–Kier alpha value is -2.04. The van der Waals surface area contributed by atoms with Gasteiger partial charge in [0.15, 0.2) is 11.6 Å². The molecule has 2 aromatic carbocycles. The number of halogens is 3. The number of unbranched alkanes of at least 4 members (excludes halogenated alkanes) is 4. The fourth-order valence-corrected chi connectivity index (χ4v) is 6.43. The van der Waals surface area contributed by atoms with Crippen LogP contribution in [0.25, 0.3) is 10.8 Å². The largest absolute Gasteiger partial charge is 0.478 e. The summed E-state index contributed by atoms with van der Waals surface area (Å²) < 4.78 is 44.5. The summed E-state index contributed by atoms with van der Waals surface area (Å²) >= 11 is 0. The van der Waals surface area contributed by atoms with Gasteiger partial charge in [-0.15, -0.1) is 0 Å². The molecule has 0 amide bonds. The first-order valence-electron chi connectivity index (χ1n) is 12.7. The Kier molecular flexibility index (Phi) is 7.65. The van der Waals surface area contributed by atoms with Gasteiger partial charge >= 0.3 is 5.97 Å². The average Bonchev–Trinajstić information content (AvgIpc) is 2.80. The molecule has 2 aromatic rings. The lowest BCUT2D eigenvalue weighted by molar-refractivity contribution is 0.0692. The van der Waals surface area contributed by atoms with Gasteiger partial charge in [-0.2, -0.15) is 0 Å². The molecule has 0 aliphatic heterocycles. The molecule has 0 heterocycles. The molecular weight excluding hydrogens is 425 g/mol. The van der Waals surface area contributed by atoms with Crippen LogP contribution in [0.1, 0.15) is 106 Å². The quantitative estimate of drug-likeness (QED) is 0.400. The maximum Gasteiger partial charge on any atom is 0.338 e. The minimum Gasteiger partial charge on any atom is -0.478 e. The smallest absolute Gasteiger partial charge is 0.338 e. The predicted molar refractivity (Wildman–Crippen MR) is 125 cm³/mol. The lowest BCUT2D eigenvalue weighted by Gasteiger charge is -2.42. The Bertz CT molecular complexity index is 1000. The average molecular weight is 461 g/mol. The Morgan fingerprint density at radius 1 is 0.909 bits per heavy atom. The second-order valence-electron chi connectivity index (χ2n) is 10.3. The molecule has 2 fully saturated rings. The Morgan fingerprint density at radius 3 is 2.39 bits per heavy atom. The summed E-state index contributed by atoms with van der Waals surface area (Å²) in [4.78, 5) is 11.2. The van der Waals surface area contributed by atoms with E-state index in [9.17, 15) is 13.6 Å². The number of benzene rings is 2. The van der Waals surface area contributed by atoms with Gasteiger partial charge in [-0.1, -0.05) is 57.9 Å². The van der Waals surface area contributed by atoms with Crippen LogP contribution in [-0.4, -0.2) is 11.1 Å². The zero-order valence-corrected chi connectivity index (χ0v) is 19.5. The lowest BCUT2D eigenvalue weighted by atomic mass is 9.63. The molecule has 0 bridgehead atoms. The van der Waals surface area contributed by atoms with Crippen molar-refractivity contribution in [1.82, 2.24) is 0 Å². The van der Waals surface area contributed by atoms with Gasteiger partial charge in [-0.3, -0.25) is 0 Å². The highest BCUT2D eigenvalue weighted by atomic mass is 19.2. The van der Waals surface area contributed by atoms with Crippen molar-refractivity contribution in [2.24, 2.45) is 17.8 Å². The fourth-order valence-electron chi connectivity index (χ4n) is 6.43. The summed E-state index contributed by atoms with van der Waals surface area (Å²) in [5.74, 6) is -3.02. The first kappa shape index (κ1) is 24.1. The highest BCUT2D eigenvalue weighted by Crippen LogP contribution is 2.49. The van der Waals surface area contributed by atoms with Crippen molar-refractivity contribution in [2.75, 3.05) is 0 Å².